The molecule has 160 valence electrons. The minimum Gasteiger partial charge on any atom is -0.370 e. The van der Waals surface area contributed by atoms with Gasteiger partial charge in [0.15, 0.2) is 0 Å². The highest BCUT2D eigenvalue weighted by Crippen LogP contribution is 2.35. The molecule has 5 heteroatoms. The van der Waals surface area contributed by atoms with Crippen molar-refractivity contribution >= 4 is 33.6 Å². The summed E-state index contributed by atoms with van der Waals surface area (Å²) in [6.07, 6.45) is 1.86. The summed E-state index contributed by atoms with van der Waals surface area (Å²) in [5.41, 5.74) is 5.77. The number of benzene rings is 4. The Labute approximate surface area is 196 Å². The van der Waals surface area contributed by atoms with E-state index >= 15 is 0 Å². The van der Waals surface area contributed by atoms with Crippen molar-refractivity contribution in [3.8, 4) is 21.7 Å². The number of aryl methyl sites for hydroxylation is 1. The van der Waals surface area contributed by atoms with Crippen LogP contribution in [0.5, 0.6) is 0 Å². The van der Waals surface area contributed by atoms with E-state index in [1.54, 1.807) is 11.3 Å². The second-order valence-electron chi connectivity index (χ2n) is 8.08. The van der Waals surface area contributed by atoms with E-state index in [0.717, 1.165) is 46.5 Å². The number of hydrogen-bond donors (Lipinski definition) is 1. The van der Waals surface area contributed by atoms with E-state index in [1.165, 1.54) is 27.5 Å². The average Bonchev–Trinajstić information content (AvgIpc) is 3.49. The van der Waals surface area contributed by atoms with Crippen LogP contribution in [0, 0.1) is 0 Å². The van der Waals surface area contributed by atoms with Crippen LogP contribution < -0.4 is 5.32 Å². The summed E-state index contributed by atoms with van der Waals surface area (Å²) < 4.78 is 0. The summed E-state index contributed by atoms with van der Waals surface area (Å²) in [6, 6.07) is 31.5. The Balaban J connectivity index is 1.12. The third kappa shape index (κ3) is 3.81. The van der Waals surface area contributed by atoms with Gasteiger partial charge in [-0.3, -0.25) is 0 Å². The molecular weight excluding hydrogens is 424 g/mol. The predicted molar refractivity (Wildman–Crippen MR) is 137 cm³/mol. The Morgan fingerprint density at radius 2 is 1.45 bits per heavy atom. The molecular formula is C28H22N4S. The van der Waals surface area contributed by atoms with Crippen LogP contribution in [0.1, 0.15) is 17.0 Å². The van der Waals surface area contributed by atoms with Gasteiger partial charge in [-0.05, 0) is 29.0 Å². The van der Waals surface area contributed by atoms with Gasteiger partial charge in [0.05, 0.1) is 5.69 Å². The second kappa shape index (κ2) is 8.60. The predicted octanol–water partition coefficient (Wildman–Crippen LogP) is 6.64. The van der Waals surface area contributed by atoms with Crippen molar-refractivity contribution < 1.29 is 0 Å². The first-order valence-corrected chi connectivity index (χ1v) is 12.0. The van der Waals surface area contributed by atoms with Gasteiger partial charge in [-0.15, -0.1) is 10.2 Å². The highest BCUT2D eigenvalue weighted by atomic mass is 32.1. The molecule has 4 aromatic carbocycles. The molecule has 4 nitrogen and oxygen atoms in total. The van der Waals surface area contributed by atoms with Crippen LogP contribution in [-0.4, -0.2) is 22.6 Å². The molecule has 0 aliphatic carbocycles. The van der Waals surface area contributed by atoms with Crippen LogP contribution in [0.3, 0.4) is 0 Å². The lowest BCUT2D eigenvalue weighted by Crippen LogP contribution is -2.24. The number of hydrogen-bond acceptors (Lipinski definition) is 5. The molecule has 0 fully saturated rings. The van der Waals surface area contributed by atoms with Gasteiger partial charge in [-0.25, -0.2) is 4.99 Å². The molecule has 5 aromatic rings. The van der Waals surface area contributed by atoms with E-state index in [0.29, 0.717) is 0 Å². The number of amidine groups is 1. The smallest absolute Gasteiger partial charge is 0.148 e. The van der Waals surface area contributed by atoms with Crippen LogP contribution in [0.2, 0.25) is 0 Å². The summed E-state index contributed by atoms with van der Waals surface area (Å²) in [5, 5.41) is 17.0. The number of nitrogens with one attached hydrogen (secondary N) is 1. The first kappa shape index (κ1) is 19.8. The molecule has 6 rings (SSSR count). The number of aliphatic imine (C=N–C) groups is 1. The lowest BCUT2D eigenvalue weighted by Gasteiger charge is -2.07. The van der Waals surface area contributed by atoms with E-state index < -0.39 is 0 Å². The van der Waals surface area contributed by atoms with Crippen molar-refractivity contribution in [3.05, 3.63) is 102 Å². The Morgan fingerprint density at radius 3 is 2.33 bits per heavy atom. The van der Waals surface area contributed by atoms with Gasteiger partial charge in [0, 0.05) is 29.5 Å². The first-order valence-electron chi connectivity index (χ1n) is 11.2. The Kier molecular flexibility index (Phi) is 5.17. The van der Waals surface area contributed by atoms with Crippen molar-refractivity contribution in [1.82, 2.24) is 15.5 Å². The quantitative estimate of drug-likeness (QED) is 0.298. The van der Waals surface area contributed by atoms with Crippen LogP contribution in [-0.2, 0) is 6.42 Å². The van der Waals surface area contributed by atoms with E-state index in [-0.39, 0.29) is 0 Å². The zero-order chi connectivity index (χ0) is 22.0. The number of rotatable bonds is 6. The first-order chi connectivity index (χ1) is 16.4. The topological polar surface area (TPSA) is 50.2 Å². The molecule has 0 amide bonds. The molecule has 0 radical (unpaired) electrons. The summed E-state index contributed by atoms with van der Waals surface area (Å²) in [7, 11) is 0. The fourth-order valence-corrected chi connectivity index (χ4v) is 5.30. The molecule has 0 spiro atoms. The van der Waals surface area contributed by atoms with E-state index in [9.17, 15) is 0 Å². The lowest BCUT2D eigenvalue weighted by atomic mass is 10.0. The molecule has 33 heavy (non-hydrogen) atoms. The molecule has 0 saturated carbocycles. The Bertz CT molecular complexity index is 1460. The normalized spacial score (nSPS) is 12.2. The molecule has 1 aromatic heterocycles. The maximum Gasteiger partial charge on any atom is 0.148 e. The Hall–Kier alpha value is -3.83. The third-order valence-electron chi connectivity index (χ3n) is 5.94. The van der Waals surface area contributed by atoms with Gasteiger partial charge >= 0.3 is 0 Å². The maximum absolute atomic E-state index is 4.80. The molecule has 1 aliphatic rings. The highest BCUT2D eigenvalue weighted by molar-refractivity contribution is 7.14. The summed E-state index contributed by atoms with van der Waals surface area (Å²) in [5.74, 6) is 0.969. The monoisotopic (exact) mass is 446 g/mol. The average molecular weight is 447 g/mol. The number of aromatic nitrogens is 2. The van der Waals surface area contributed by atoms with Crippen molar-refractivity contribution in [3.63, 3.8) is 0 Å². The van der Waals surface area contributed by atoms with Gasteiger partial charge in [0.25, 0.3) is 0 Å². The van der Waals surface area contributed by atoms with Gasteiger partial charge in [-0.1, -0.05) is 96.3 Å². The third-order valence-corrected chi connectivity index (χ3v) is 6.96. The SMILES string of the molecule is c1ccc(-c2ccccc2-c2nnc(CCCNC3=Nc4cccc5cccc3c45)s2)cc1. The largest absolute Gasteiger partial charge is 0.370 e. The minimum absolute atomic E-state index is 0.846. The van der Waals surface area contributed by atoms with E-state index in [4.69, 9.17) is 4.99 Å². The maximum atomic E-state index is 4.80. The summed E-state index contributed by atoms with van der Waals surface area (Å²) in [6.45, 7) is 0.846. The van der Waals surface area contributed by atoms with Crippen LogP contribution in [0.4, 0.5) is 5.69 Å². The highest BCUT2D eigenvalue weighted by Gasteiger charge is 2.17. The fraction of sp³-hybridized carbons (Fsp3) is 0.107. The fourth-order valence-electron chi connectivity index (χ4n) is 4.38. The zero-order valence-corrected chi connectivity index (χ0v) is 18.8. The van der Waals surface area contributed by atoms with Crippen molar-refractivity contribution in [2.75, 3.05) is 6.54 Å². The van der Waals surface area contributed by atoms with Crippen LogP contribution >= 0.6 is 11.3 Å². The zero-order valence-electron chi connectivity index (χ0n) is 18.0. The van der Waals surface area contributed by atoms with Crippen LogP contribution in [0.15, 0.2) is 96.0 Å². The molecule has 0 saturated heterocycles. The van der Waals surface area contributed by atoms with Crippen molar-refractivity contribution in [1.29, 1.82) is 0 Å². The molecule has 2 heterocycles. The summed E-state index contributed by atoms with van der Waals surface area (Å²) in [4.78, 5) is 4.80. The van der Waals surface area contributed by atoms with E-state index in [2.05, 4.69) is 100 Å². The molecule has 1 aliphatic heterocycles. The van der Waals surface area contributed by atoms with E-state index in [1.807, 2.05) is 6.07 Å². The van der Waals surface area contributed by atoms with Gasteiger partial charge in [-0.2, -0.15) is 0 Å². The van der Waals surface area contributed by atoms with Crippen molar-refractivity contribution in [2.24, 2.45) is 4.99 Å². The molecule has 1 N–H and O–H groups in total. The van der Waals surface area contributed by atoms with Crippen LogP contribution in [0.25, 0.3) is 32.5 Å². The van der Waals surface area contributed by atoms with Gasteiger partial charge in [0.2, 0.25) is 0 Å². The molecule has 0 atom stereocenters. The minimum atomic E-state index is 0.846. The Morgan fingerprint density at radius 1 is 0.697 bits per heavy atom. The second-order valence-corrected chi connectivity index (χ2v) is 9.15. The standard InChI is InChI=1S/C28H22N4S/c1-2-9-19(10-3-1)21-13-4-5-14-22(21)28-32-31-25(33-28)17-8-18-29-27-23-15-6-11-20-12-7-16-24(30-27)26(20)23/h1-7,9-16H,8,17-18H2,(H,29,30). The molecule has 0 unspecified atom stereocenters. The summed E-state index contributed by atoms with van der Waals surface area (Å²) >= 11 is 1.68. The lowest BCUT2D eigenvalue weighted by molar-refractivity contribution is 0.763. The van der Waals surface area contributed by atoms with Gasteiger partial charge < -0.3 is 5.32 Å². The molecule has 0 bridgehead atoms. The van der Waals surface area contributed by atoms with Crippen molar-refractivity contribution in [2.45, 2.75) is 12.8 Å². The van der Waals surface area contributed by atoms with Gasteiger partial charge in [0.1, 0.15) is 15.9 Å². The number of nitrogens with zero attached hydrogens (tertiary/aromatic N) is 3.